The summed E-state index contributed by atoms with van der Waals surface area (Å²) in [5, 5.41) is 16.9. The summed E-state index contributed by atoms with van der Waals surface area (Å²) in [5.74, 6) is -6.44. The van der Waals surface area contributed by atoms with Gasteiger partial charge in [-0.2, -0.15) is 13.2 Å². The molecule has 0 fully saturated rings. The minimum atomic E-state index is -5.08. The van der Waals surface area contributed by atoms with Crippen molar-refractivity contribution in [3.63, 3.8) is 0 Å². The van der Waals surface area contributed by atoms with E-state index < -0.39 is 44.7 Å². The van der Waals surface area contributed by atoms with Crippen LogP contribution in [0, 0.1) is 11.6 Å². The van der Waals surface area contributed by atoms with E-state index in [4.69, 9.17) is 9.90 Å². The number of unbranched alkanes of at least 4 members (excludes halogenated alkanes) is 1. The molecule has 40 heavy (non-hydrogen) atoms. The molecule has 0 heterocycles. The van der Waals surface area contributed by atoms with Gasteiger partial charge in [0.15, 0.2) is 11.6 Å². The number of carboxylic acids is 2. The predicted molar refractivity (Wildman–Crippen MR) is 137 cm³/mol. The third kappa shape index (κ3) is 9.22. The number of nitrogens with one attached hydrogen (secondary N) is 1. The summed E-state index contributed by atoms with van der Waals surface area (Å²) >= 11 is 0. The zero-order valence-corrected chi connectivity index (χ0v) is 21.8. The molecule has 14 heteroatoms. The lowest BCUT2D eigenvalue weighted by Crippen LogP contribution is -2.26. The highest BCUT2D eigenvalue weighted by Gasteiger charge is 2.38. The van der Waals surface area contributed by atoms with Gasteiger partial charge in [0.1, 0.15) is 0 Å². The van der Waals surface area contributed by atoms with Crippen molar-refractivity contribution in [2.75, 3.05) is 16.2 Å². The number of nitrogens with zero attached hydrogens (tertiary/aromatic N) is 1. The normalized spacial score (nSPS) is 11.2. The Bertz CT molecular complexity index is 1430. The van der Waals surface area contributed by atoms with E-state index in [0.29, 0.717) is 30.9 Å². The maximum atomic E-state index is 13.5. The molecule has 216 valence electrons. The van der Waals surface area contributed by atoms with E-state index in [1.54, 1.807) is 6.07 Å². The average Bonchev–Trinajstić information content (AvgIpc) is 2.88. The molecule has 3 rings (SSSR count). The van der Waals surface area contributed by atoms with Gasteiger partial charge in [0.05, 0.1) is 16.1 Å². The van der Waals surface area contributed by atoms with E-state index in [-0.39, 0.29) is 11.3 Å². The Hall–Kier alpha value is -4.20. The van der Waals surface area contributed by atoms with Crippen molar-refractivity contribution >= 4 is 33.3 Å². The number of benzene rings is 3. The minimum absolute atomic E-state index is 0.00367. The molecule has 0 aliphatic carbocycles. The average molecular weight is 589 g/mol. The Morgan fingerprint density at radius 3 is 2.08 bits per heavy atom. The third-order valence-electron chi connectivity index (χ3n) is 5.26. The van der Waals surface area contributed by atoms with Crippen LogP contribution in [0.25, 0.3) is 0 Å². The van der Waals surface area contributed by atoms with Gasteiger partial charge in [0.25, 0.3) is 10.0 Å². The number of sulfonamides is 1. The maximum absolute atomic E-state index is 13.5. The molecular weight excluding hydrogens is 563 g/mol. The second kappa shape index (κ2) is 13.7. The molecule has 3 aromatic rings. The number of anilines is 2. The molecule has 0 atom stereocenters. The molecule has 0 bridgehead atoms. The summed E-state index contributed by atoms with van der Waals surface area (Å²) in [6, 6.07) is 16.0. The molecule has 3 aromatic carbocycles. The number of halogens is 5. The van der Waals surface area contributed by atoms with Crippen LogP contribution >= 0.6 is 0 Å². The Kier molecular flexibility index (Phi) is 11.0. The van der Waals surface area contributed by atoms with Crippen molar-refractivity contribution in [1.29, 1.82) is 0 Å². The van der Waals surface area contributed by atoms with Crippen LogP contribution in [0.5, 0.6) is 0 Å². The third-order valence-corrected chi connectivity index (χ3v) is 6.64. The monoisotopic (exact) mass is 588 g/mol. The van der Waals surface area contributed by atoms with Gasteiger partial charge < -0.3 is 15.1 Å². The highest BCUT2D eigenvalue weighted by atomic mass is 32.2. The molecule has 0 saturated carbocycles. The molecule has 0 aliphatic heterocycles. The number of aliphatic carboxylic acids is 1. The molecule has 0 amide bonds. The highest BCUT2D eigenvalue weighted by molar-refractivity contribution is 7.92. The van der Waals surface area contributed by atoms with Crippen molar-refractivity contribution in [1.82, 2.24) is 0 Å². The fourth-order valence-electron chi connectivity index (χ4n) is 3.34. The highest BCUT2D eigenvalue weighted by Crippen LogP contribution is 2.28. The minimum Gasteiger partial charge on any atom is -0.478 e. The van der Waals surface area contributed by atoms with Crippen LogP contribution < -0.4 is 9.62 Å². The van der Waals surface area contributed by atoms with Crippen LogP contribution in [0.4, 0.5) is 33.3 Å². The second-order valence-corrected chi connectivity index (χ2v) is 9.96. The maximum Gasteiger partial charge on any atom is 0.490 e. The van der Waals surface area contributed by atoms with Crippen molar-refractivity contribution in [2.45, 2.75) is 37.4 Å². The predicted octanol–water partition coefficient (Wildman–Crippen LogP) is 5.90. The molecule has 0 radical (unpaired) electrons. The fraction of sp³-hybridized carbons (Fsp3) is 0.231. The number of rotatable bonds is 10. The van der Waals surface area contributed by atoms with Crippen LogP contribution in [-0.2, 0) is 21.4 Å². The summed E-state index contributed by atoms with van der Waals surface area (Å²) < 4.78 is 85.8. The molecule has 0 aromatic heterocycles. The van der Waals surface area contributed by atoms with Gasteiger partial charge in [-0.15, -0.1) is 0 Å². The van der Waals surface area contributed by atoms with Crippen LogP contribution in [-0.4, -0.2) is 43.3 Å². The van der Waals surface area contributed by atoms with Crippen LogP contribution in [0.2, 0.25) is 0 Å². The van der Waals surface area contributed by atoms with Crippen molar-refractivity contribution < 1.29 is 50.2 Å². The topological polar surface area (TPSA) is 124 Å². The van der Waals surface area contributed by atoms with Crippen molar-refractivity contribution in [3.05, 3.63) is 89.5 Å². The van der Waals surface area contributed by atoms with Gasteiger partial charge in [0.2, 0.25) is 0 Å². The Balaban J connectivity index is 0.000000708. The van der Waals surface area contributed by atoms with Gasteiger partial charge in [-0.1, -0.05) is 43.7 Å². The van der Waals surface area contributed by atoms with Crippen molar-refractivity contribution in [2.24, 2.45) is 0 Å². The number of carbonyl (C=O) groups is 2. The first kappa shape index (κ1) is 32.0. The summed E-state index contributed by atoms with van der Waals surface area (Å²) in [5.41, 5.74) is 1.38. The first-order valence-corrected chi connectivity index (χ1v) is 13.1. The molecule has 0 saturated heterocycles. The van der Waals surface area contributed by atoms with Gasteiger partial charge >= 0.3 is 18.1 Å². The van der Waals surface area contributed by atoms with E-state index in [0.717, 1.165) is 24.5 Å². The smallest absolute Gasteiger partial charge is 0.478 e. The SMILES string of the molecule is CCCCN(Cc1ccccc1)c1ccc(NS(=O)(=O)c2ccc(F)c(F)c2)cc1C(=O)O.O=C(O)C(F)(F)F. The van der Waals surface area contributed by atoms with E-state index in [2.05, 4.69) is 4.72 Å². The first-order valence-electron chi connectivity index (χ1n) is 11.6. The van der Waals surface area contributed by atoms with Crippen molar-refractivity contribution in [3.8, 4) is 0 Å². The lowest BCUT2D eigenvalue weighted by molar-refractivity contribution is -0.192. The van der Waals surface area contributed by atoms with E-state index in [9.17, 15) is 40.3 Å². The number of alkyl halides is 3. The van der Waals surface area contributed by atoms with Crippen LogP contribution in [0.15, 0.2) is 71.6 Å². The Labute approximate surface area is 226 Å². The summed E-state index contributed by atoms with van der Waals surface area (Å²) in [4.78, 5) is 22.4. The second-order valence-electron chi connectivity index (χ2n) is 8.28. The number of carboxylic acid groups (broad SMARTS) is 2. The zero-order valence-electron chi connectivity index (χ0n) is 21.0. The molecule has 8 nitrogen and oxygen atoms in total. The lowest BCUT2D eigenvalue weighted by atomic mass is 10.1. The summed E-state index contributed by atoms with van der Waals surface area (Å²) in [7, 11) is -4.25. The van der Waals surface area contributed by atoms with Gasteiger partial charge in [0, 0.05) is 18.8 Å². The molecule has 0 aliphatic rings. The molecular formula is C26H25F5N2O6S. The molecule has 3 N–H and O–H groups in total. The quantitative estimate of drug-likeness (QED) is 0.252. The van der Waals surface area contributed by atoms with Crippen LogP contribution in [0.1, 0.15) is 35.7 Å². The Morgan fingerprint density at radius 2 is 1.55 bits per heavy atom. The largest absolute Gasteiger partial charge is 0.490 e. The Morgan fingerprint density at radius 1 is 0.925 bits per heavy atom. The van der Waals surface area contributed by atoms with E-state index in [1.165, 1.54) is 12.1 Å². The number of hydrogen-bond acceptors (Lipinski definition) is 5. The van der Waals surface area contributed by atoms with E-state index >= 15 is 0 Å². The van der Waals surface area contributed by atoms with Gasteiger partial charge in [-0.25, -0.2) is 26.8 Å². The lowest BCUT2D eigenvalue weighted by Gasteiger charge is -2.27. The number of aromatic carboxylic acids is 1. The van der Waals surface area contributed by atoms with E-state index in [1.807, 2.05) is 42.2 Å². The van der Waals surface area contributed by atoms with Crippen LogP contribution in [0.3, 0.4) is 0 Å². The van der Waals surface area contributed by atoms with Gasteiger partial charge in [-0.05, 0) is 48.4 Å². The summed E-state index contributed by atoms with van der Waals surface area (Å²) in [6.07, 6.45) is -3.32. The first-order chi connectivity index (χ1) is 18.7. The van der Waals surface area contributed by atoms with Gasteiger partial charge in [-0.3, -0.25) is 4.72 Å². The molecule has 0 unspecified atom stereocenters. The standard InChI is InChI=1S/C24H24F2N2O4S.C2HF3O2/c1-2-3-13-28(16-17-7-5-4-6-8-17)23-12-9-18(14-20(23)24(29)30)27-33(31,32)19-10-11-21(25)22(26)15-19;3-2(4,5)1(6)7/h4-12,14-15,27H,2-3,13,16H2,1H3,(H,29,30);(H,6,7). The zero-order chi connectivity index (χ0) is 30.1. The fourth-order valence-corrected chi connectivity index (χ4v) is 4.40. The number of hydrogen-bond donors (Lipinski definition) is 3. The summed E-state index contributed by atoms with van der Waals surface area (Å²) in [6.45, 7) is 3.14. The molecule has 0 spiro atoms.